The van der Waals surface area contributed by atoms with Crippen LogP contribution in [0.1, 0.15) is 29.3 Å². The number of carbonyl (C=O) groups is 1. The predicted molar refractivity (Wildman–Crippen MR) is 94.8 cm³/mol. The number of aromatic amines is 1. The van der Waals surface area contributed by atoms with Crippen LogP contribution >= 0.6 is 11.6 Å². The largest absolute Gasteiger partial charge is 0.349 e. The lowest BCUT2D eigenvalue weighted by atomic mass is 9.88. The number of hydrogen-bond donors (Lipinski definition) is 2. The Morgan fingerprint density at radius 3 is 2.46 bits per heavy atom. The maximum absolute atomic E-state index is 12.4. The molecule has 0 radical (unpaired) electrons. The molecule has 1 amide bonds. The number of hydrogen-bond acceptors (Lipinski definition) is 2. The van der Waals surface area contributed by atoms with Crippen LogP contribution in [0, 0.1) is 0 Å². The molecule has 0 saturated carbocycles. The third-order valence-corrected chi connectivity index (χ3v) is 4.12. The van der Waals surface area contributed by atoms with Gasteiger partial charge in [0.1, 0.15) is 5.82 Å². The van der Waals surface area contributed by atoms with Crippen LogP contribution in [0.3, 0.4) is 0 Å². The second kappa shape index (κ2) is 7.79. The SMILES string of the molecule is O=C(CC(c1ccccc1)c1ccc(Cl)cc1)NCc1ncc[nH]1. The summed E-state index contributed by atoms with van der Waals surface area (Å²) in [4.78, 5) is 19.5. The summed E-state index contributed by atoms with van der Waals surface area (Å²) in [5, 5.41) is 3.60. The van der Waals surface area contributed by atoms with Gasteiger partial charge in [0.15, 0.2) is 0 Å². The van der Waals surface area contributed by atoms with Crippen molar-refractivity contribution in [3.8, 4) is 0 Å². The topological polar surface area (TPSA) is 57.8 Å². The molecule has 0 fully saturated rings. The van der Waals surface area contributed by atoms with Gasteiger partial charge in [-0.1, -0.05) is 54.1 Å². The molecular weight excluding hydrogens is 322 g/mol. The molecule has 3 aromatic rings. The summed E-state index contributed by atoms with van der Waals surface area (Å²) in [6, 6.07) is 17.7. The quantitative estimate of drug-likeness (QED) is 0.715. The molecule has 2 aromatic carbocycles. The normalized spacial score (nSPS) is 11.9. The predicted octanol–water partition coefficient (Wildman–Crippen LogP) is 3.90. The molecule has 122 valence electrons. The van der Waals surface area contributed by atoms with Gasteiger partial charge >= 0.3 is 0 Å². The van der Waals surface area contributed by atoms with E-state index in [1.165, 1.54) is 0 Å². The Morgan fingerprint density at radius 2 is 1.79 bits per heavy atom. The molecule has 0 aliphatic rings. The number of H-pyrrole nitrogens is 1. The van der Waals surface area contributed by atoms with Crippen molar-refractivity contribution < 1.29 is 4.79 Å². The molecule has 1 heterocycles. The summed E-state index contributed by atoms with van der Waals surface area (Å²) in [6.07, 6.45) is 3.77. The van der Waals surface area contributed by atoms with E-state index < -0.39 is 0 Å². The second-order valence-electron chi connectivity index (χ2n) is 5.53. The van der Waals surface area contributed by atoms with Crippen LogP contribution in [0.5, 0.6) is 0 Å². The lowest BCUT2D eigenvalue weighted by Crippen LogP contribution is -2.25. The van der Waals surface area contributed by atoms with E-state index in [-0.39, 0.29) is 11.8 Å². The lowest BCUT2D eigenvalue weighted by Gasteiger charge is -2.18. The minimum Gasteiger partial charge on any atom is -0.349 e. The lowest BCUT2D eigenvalue weighted by molar-refractivity contribution is -0.121. The first kappa shape index (κ1) is 16.3. The van der Waals surface area contributed by atoms with Crippen LogP contribution in [-0.4, -0.2) is 15.9 Å². The number of amides is 1. The van der Waals surface area contributed by atoms with Gasteiger partial charge in [-0.3, -0.25) is 4.79 Å². The Hall–Kier alpha value is -2.59. The third kappa shape index (κ3) is 4.24. The maximum atomic E-state index is 12.4. The van der Waals surface area contributed by atoms with Crippen LogP contribution in [0.4, 0.5) is 0 Å². The number of aromatic nitrogens is 2. The van der Waals surface area contributed by atoms with Gasteiger partial charge in [0.2, 0.25) is 5.91 Å². The second-order valence-corrected chi connectivity index (χ2v) is 5.97. The summed E-state index contributed by atoms with van der Waals surface area (Å²) in [6.45, 7) is 0.397. The van der Waals surface area contributed by atoms with Crippen LogP contribution in [-0.2, 0) is 11.3 Å². The van der Waals surface area contributed by atoms with Crippen LogP contribution < -0.4 is 5.32 Å². The van der Waals surface area contributed by atoms with E-state index in [9.17, 15) is 4.79 Å². The molecule has 5 heteroatoms. The van der Waals surface area contributed by atoms with E-state index >= 15 is 0 Å². The van der Waals surface area contributed by atoms with Gasteiger partial charge in [0.05, 0.1) is 6.54 Å². The summed E-state index contributed by atoms with van der Waals surface area (Å²) < 4.78 is 0. The van der Waals surface area contributed by atoms with E-state index in [0.29, 0.717) is 18.0 Å². The Labute approximate surface area is 145 Å². The molecule has 0 spiro atoms. The zero-order chi connectivity index (χ0) is 16.8. The van der Waals surface area contributed by atoms with Crippen molar-refractivity contribution in [1.82, 2.24) is 15.3 Å². The highest BCUT2D eigenvalue weighted by Crippen LogP contribution is 2.28. The summed E-state index contributed by atoms with van der Waals surface area (Å²) in [5.74, 6) is 0.710. The van der Waals surface area contributed by atoms with Crippen molar-refractivity contribution in [2.75, 3.05) is 0 Å². The molecule has 0 bridgehead atoms. The average molecular weight is 340 g/mol. The standard InChI is InChI=1S/C19H18ClN3O/c20-16-8-6-15(7-9-16)17(14-4-2-1-3-5-14)12-19(24)23-13-18-21-10-11-22-18/h1-11,17H,12-13H2,(H,21,22)(H,23,24). The molecule has 0 aliphatic heterocycles. The van der Waals surface area contributed by atoms with Crippen molar-refractivity contribution in [2.45, 2.75) is 18.9 Å². The fourth-order valence-corrected chi connectivity index (χ4v) is 2.77. The van der Waals surface area contributed by atoms with Gasteiger partial charge < -0.3 is 10.3 Å². The Kier molecular flexibility index (Phi) is 5.29. The number of nitrogens with zero attached hydrogens (tertiary/aromatic N) is 1. The molecule has 4 nitrogen and oxygen atoms in total. The van der Waals surface area contributed by atoms with Crippen molar-refractivity contribution in [2.24, 2.45) is 0 Å². The van der Waals surface area contributed by atoms with Gasteiger partial charge in [-0.05, 0) is 23.3 Å². The highest BCUT2D eigenvalue weighted by molar-refractivity contribution is 6.30. The van der Waals surface area contributed by atoms with Crippen LogP contribution in [0.2, 0.25) is 5.02 Å². The maximum Gasteiger partial charge on any atom is 0.221 e. The summed E-state index contributed by atoms with van der Waals surface area (Å²) in [7, 11) is 0. The molecule has 0 saturated heterocycles. The number of carbonyl (C=O) groups excluding carboxylic acids is 1. The van der Waals surface area contributed by atoms with Crippen molar-refractivity contribution >= 4 is 17.5 Å². The molecular formula is C19H18ClN3O. The van der Waals surface area contributed by atoms with E-state index in [1.807, 2.05) is 54.6 Å². The summed E-state index contributed by atoms with van der Waals surface area (Å²) >= 11 is 5.99. The van der Waals surface area contributed by atoms with Crippen molar-refractivity contribution in [1.29, 1.82) is 0 Å². The molecule has 3 rings (SSSR count). The van der Waals surface area contributed by atoms with Crippen molar-refractivity contribution in [3.63, 3.8) is 0 Å². The summed E-state index contributed by atoms with van der Waals surface area (Å²) in [5.41, 5.74) is 2.17. The van der Waals surface area contributed by atoms with Gasteiger partial charge in [-0.25, -0.2) is 4.98 Å². The van der Waals surface area contributed by atoms with E-state index in [1.54, 1.807) is 12.4 Å². The number of benzene rings is 2. The highest BCUT2D eigenvalue weighted by atomic mass is 35.5. The zero-order valence-electron chi connectivity index (χ0n) is 13.1. The smallest absolute Gasteiger partial charge is 0.221 e. The number of rotatable bonds is 6. The average Bonchev–Trinajstić information content (AvgIpc) is 3.13. The first-order valence-corrected chi connectivity index (χ1v) is 8.15. The molecule has 24 heavy (non-hydrogen) atoms. The Bertz CT molecular complexity index is 770. The zero-order valence-corrected chi connectivity index (χ0v) is 13.8. The minimum atomic E-state index is -0.0183. The van der Waals surface area contributed by atoms with Gasteiger partial charge in [-0.2, -0.15) is 0 Å². The fourth-order valence-electron chi connectivity index (χ4n) is 2.64. The molecule has 0 aliphatic carbocycles. The van der Waals surface area contributed by atoms with Crippen LogP contribution in [0.25, 0.3) is 0 Å². The van der Waals surface area contributed by atoms with Crippen LogP contribution in [0.15, 0.2) is 67.0 Å². The Morgan fingerprint density at radius 1 is 1.08 bits per heavy atom. The highest BCUT2D eigenvalue weighted by Gasteiger charge is 2.18. The van der Waals surface area contributed by atoms with Gasteiger partial charge in [-0.15, -0.1) is 0 Å². The van der Waals surface area contributed by atoms with Gasteiger partial charge in [0.25, 0.3) is 0 Å². The number of nitrogens with one attached hydrogen (secondary N) is 2. The van der Waals surface area contributed by atoms with E-state index in [2.05, 4.69) is 15.3 Å². The monoisotopic (exact) mass is 339 g/mol. The van der Waals surface area contributed by atoms with E-state index in [0.717, 1.165) is 17.0 Å². The minimum absolute atomic E-state index is 0.0138. The first-order valence-electron chi connectivity index (χ1n) is 7.78. The molecule has 1 atom stereocenters. The third-order valence-electron chi connectivity index (χ3n) is 3.87. The Balaban J connectivity index is 1.74. The molecule has 2 N–H and O–H groups in total. The van der Waals surface area contributed by atoms with Gasteiger partial charge in [0, 0.05) is 29.8 Å². The fraction of sp³-hybridized carbons (Fsp3) is 0.158. The van der Waals surface area contributed by atoms with E-state index in [4.69, 9.17) is 11.6 Å². The first-order chi connectivity index (χ1) is 11.7. The molecule has 1 aromatic heterocycles. The number of imidazole rings is 1. The van der Waals surface area contributed by atoms with Crippen molar-refractivity contribution in [3.05, 3.63) is 89.0 Å². The number of halogens is 1. The molecule has 1 unspecified atom stereocenters.